The van der Waals surface area contributed by atoms with Gasteiger partial charge in [0.05, 0.1) is 5.69 Å². The molecule has 3 amide bonds. The van der Waals surface area contributed by atoms with Gasteiger partial charge in [0.25, 0.3) is 11.8 Å². The molecule has 0 saturated carbocycles. The largest absolute Gasteiger partial charge is 0.448 e. The van der Waals surface area contributed by atoms with Gasteiger partial charge in [-0.15, -0.1) is 11.8 Å². The Hall–Kier alpha value is -4.97. The number of amides is 3. The minimum Gasteiger partial charge on any atom is -0.448 e. The van der Waals surface area contributed by atoms with Crippen molar-refractivity contribution in [3.8, 4) is 0 Å². The van der Waals surface area contributed by atoms with Crippen molar-refractivity contribution in [3.63, 3.8) is 0 Å². The fourth-order valence-electron chi connectivity index (χ4n) is 5.81. The number of ether oxygens (including phenoxy) is 2. The van der Waals surface area contributed by atoms with Gasteiger partial charge in [-0.3, -0.25) is 14.5 Å². The monoisotopic (exact) mass is 673 g/mol. The quantitative estimate of drug-likeness (QED) is 0.186. The fraction of sp³-hybridized carbons (Fsp3) is 0.278. The van der Waals surface area contributed by atoms with Crippen molar-refractivity contribution in [1.29, 1.82) is 0 Å². The molecule has 3 aliphatic rings. The topological polar surface area (TPSA) is 105 Å². The van der Waals surface area contributed by atoms with Crippen LogP contribution in [0, 0.1) is 11.6 Å². The first-order valence-corrected chi connectivity index (χ1v) is 16.4. The predicted octanol–water partition coefficient (Wildman–Crippen LogP) is 6.02. The van der Waals surface area contributed by atoms with Gasteiger partial charge in [-0.05, 0) is 62.1 Å². The lowest BCUT2D eigenvalue weighted by Gasteiger charge is -2.49. The summed E-state index contributed by atoms with van der Waals surface area (Å²) in [7, 11) is 0. The van der Waals surface area contributed by atoms with Gasteiger partial charge in [-0.25, -0.2) is 18.4 Å². The van der Waals surface area contributed by atoms with E-state index >= 15 is 0 Å². The summed E-state index contributed by atoms with van der Waals surface area (Å²) < 4.78 is 39.6. The van der Waals surface area contributed by atoms with Crippen LogP contribution in [-0.4, -0.2) is 58.1 Å². The molecule has 6 rings (SSSR count). The van der Waals surface area contributed by atoms with E-state index in [2.05, 4.69) is 5.32 Å². The second-order valence-corrected chi connectivity index (χ2v) is 13.6. The molecular weight excluding hydrogens is 640 g/mol. The van der Waals surface area contributed by atoms with Crippen LogP contribution in [0.15, 0.2) is 102 Å². The van der Waals surface area contributed by atoms with Crippen LogP contribution in [0.1, 0.15) is 44.4 Å². The van der Waals surface area contributed by atoms with Crippen LogP contribution in [-0.2, 0) is 23.9 Å². The average Bonchev–Trinajstić information content (AvgIpc) is 3.41. The predicted molar refractivity (Wildman–Crippen MR) is 176 cm³/mol. The Kier molecular flexibility index (Phi) is 9.11. The number of alkyl carbamates (subject to hydrolysis) is 1. The molecule has 3 aromatic rings. The SMILES string of the molecule is CC(C)(C)OC(=O)NC1C(=O)N2C(C(=O)OC(c3ccccc3)c3ccccc3)=C(/C=C3\CCN(c4ccc(F)cc4F)C3=O)CSC12. The van der Waals surface area contributed by atoms with Crippen molar-refractivity contribution in [2.45, 2.75) is 50.3 Å². The molecule has 3 aliphatic heterocycles. The number of fused-ring (bicyclic) bond motifs is 1. The third-order valence-electron chi connectivity index (χ3n) is 7.97. The zero-order valence-electron chi connectivity index (χ0n) is 26.4. The normalized spacial score (nSPS) is 20.2. The number of nitrogens with one attached hydrogen (secondary N) is 1. The van der Waals surface area contributed by atoms with Gasteiger partial charge < -0.3 is 19.7 Å². The van der Waals surface area contributed by atoms with Crippen LogP contribution in [0.2, 0.25) is 0 Å². The first-order valence-electron chi connectivity index (χ1n) is 15.4. The molecular formula is C36H33F2N3O6S. The number of carbonyl (C=O) groups is 4. The van der Waals surface area contributed by atoms with Crippen LogP contribution in [0.4, 0.5) is 19.3 Å². The molecule has 0 aromatic heterocycles. The molecule has 12 heteroatoms. The molecule has 0 radical (unpaired) electrons. The molecule has 2 saturated heterocycles. The van der Waals surface area contributed by atoms with Crippen LogP contribution in [0.5, 0.6) is 0 Å². The number of hydrogen-bond donors (Lipinski definition) is 1. The van der Waals surface area contributed by atoms with Crippen molar-refractivity contribution < 1.29 is 37.4 Å². The molecule has 0 bridgehead atoms. The van der Waals surface area contributed by atoms with Gasteiger partial charge in [-0.2, -0.15) is 0 Å². The summed E-state index contributed by atoms with van der Waals surface area (Å²) in [5, 5.41) is 1.98. The Balaban J connectivity index is 1.35. The lowest BCUT2D eigenvalue weighted by molar-refractivity contribution is -0.153. The van der Waals surface area contributed by atoms with Crippen LogP contribution in [0.3, 0.4) is 0 Å². The highest BCUT2D eigenvalue weighted by molar-refractivity contribution is 8.00. The minimum absolute atomic E-state index is 0.0467. The lowest BCUT2D eigenvalue weighted by Crippen LogP contribution is -2.70. The zero-order valence-corrected chi connectivity index (χ0v) is 27.3. The summed E-state index contributed by atoms with van der Waals surface area (Å²) in [6, 6.07) is 20.4. The summed E-state index contributed by atoms with van der Waals surface area (Å²) in [6.45, 7) is 5.27. The zero-order chi connectivity index (χ0) is 34.2. The van der Waals surface area contributed by atoms with Crippen LogP contribution in [0.25, 0.3) is 0 Å². The van der Waals surface area contributed by atoms with Gasteiger partial charge in [0.2, 0.25) is 0 Å². The highest BCUT2D eigenvalue weighted by Gasteiger charge is 2.55. The molecule has 0 spiro atoms. The standard InChI is InChI=1S/C36H33F2N3O6S/c1-36(2,3)47-35(45)39-28-32(43)41-29(34(44)46-30(21-10-6-4-7-11-21)22-12-8-5-9-13-22)24(20-48-33(28)41)18-23-16-17-40(31(23)42)27-15-14-25(37)19-26(27)38/h4-15,18-19,28,30,33H,16-17,20H2,1-3H3,(H,39,45)/b23-18+. The highest BCUT2D eigenvalue weighted by atomic mass is 32.2. The maximum Gasteiger partial charge on any atom is 0.408 e. The van der Waals surface area contributed by atoms with Gasteiger partial charge in [0, 0.05) is 23.9 Å². The Morgan fingerprint density at radius 1 is 0.979 bits per heavy atom. The van der Waals surface area contributed by atoms with Crippen molar-refractivity contribution in [2.24, 2.45) is 0 Å². The molecule has 3 heterocycles. The van der Waals surface area contributed by atoms with Gasteiger partial charge in [-0.1, -0.05) is 60.7 Å². The molecule has 3 aromatic carbocycles. The number of anilines is 1. The fourth-order valence-corrected chi connectivity index (χ4v) is 7.12. The van der Waals surface area contributed by atoms with E-state index in [1.807, 2.05) is 60.7 Å². The van der Waals surface area contributed by atoms with Gasteiger partial charge in [0.1, 0.15) is 34.3 Å². The summed E-state index contributed by atoms with van der Waals surface area (Å²) in [6.07, 6.45) is 0.195. The van der Waals surface area contributed by atoms with Crippen molar-refractivity contribution >= 4 is 41.3 Å². The van der Waals surface area contributed by atoms with E-state index in [4.69, 9.17) is 9.47 Å². The number of β-lactam (4-membered cyclic amide) rings is 1. The van der Waals surface area contributed by atoms with E-state index < -0.39 is 58.6 Å². The number of thioether (sulfide) groups is 1. The van der Waals surface area contributed by atoms with Crippen molar-refractivity contribution in [1.82, 2.24) is 10.2 Å². The summed E-state index contributed by atoms with van der Waals surface area (Å²) in [5.74, 6) is -3.26. The molecule has 2 atom stereocenters. The maximum atomic E-state index is 14.6. The van der Waals surface area contributed by atoms with E-state index in [9.17, 15) is 28.0 Å². The minimum atomic E-state index is -0.953. The summed E-state index contributed by atoms with van der Waals surface area (Å²) in [4.78, 5) is 56.4. The Bertz CT molecular complexity index is 1790. The Labute approximate surface area is 280 Å². The number of nitrogens with zero attached hydrogens (tertiary/aromatic N) is 2. The number of hydrogen-bond acceptors (Lipinski definition) is 7. The number of carbonyl (C=O) groups excluding carboxylic acids is 4. The molecule has 2 fully saturated rings. The molecule has 0 aliphatic carbocycles. The second-order valence-electron chi connectivity index (χ2n) is 12.5. The van der Waals surface area contributed by atoms with E-state index in [1.54, 1.807) is 26.8 Å². The van der Waals surface area contributed by atoms with Crippen LogP contribution < -0.4 is 10.2 Å². The van der Waals surface area contributed by atoms with Crippen LogP contribution >= 0.6 is 11.8 Å². The Morgan fingerprint density at radius 3 is 2.23 bits per heavy atom. The molecule has 48 heavy (non-hydrogen) atoms. The number of rotatable bonds is 7. The summed E-state index contributed by atoms with van der Waals surface area (Å²) in [5.41, 5.74) is 1.19. The second kappa shape index (κ2) is 13.3. The smallest absolute Gasteiger partial charge is 0.408 e. The van der Waals surface area contributed by atoms with Gasteiger partial charge in [0.15, 0.2) is 6.10 Å². The maximum absolute atomic E-state index is 14.6. The molecule has 9 nitrogen and oxygen atoms in total. The van der Waals surface area contributed by atoms with Crippen molar-refractivity contribution in [2.75, 3.05) is 17.2 Å². The van der Waals surface area contributed by atoms with Gasteiger partial charge >= 0.3 is 12.1 Å². The average molecular weight is 674 g/mol. The lowest BCUT2D eigenvalue weighted by atomic mass is 10.00. The number of benzene rings is 3. The first-order chi connectivity index (χ1) is 22.9. The van der Waals surface area contributed by atoms with E-state index in [-0.39, 0.29) is 35.7 Å². The number of esters is 1. The molecule has 248 valence electrons. The first kappa shape index (κ1) is 33.0. The number of halogens is 2. The molecule has 2 unspecified atom stereocenters. The number of allylic oxidation sites excluding steroid dienone is 1. The summed E-state index contributed by atoms with van der Waals surface area (Å²) >= 11 is 1.31. The van der Waals surface area contributed by atoms with E-state index in [1.165, 1.54) is 27.6 Å². The highest BCUT2D eigenvalue weighted by Crippen LogP contribution is 2.43. The van der Waals surface area contributed by atoms with E-state index in [0.717, 1.165) is 6.07 Å². The van der Waals surface area contributed by atoms with Crippen molar-refractivity contribution in [3.05, 3.63) is 125 Å². The van der Waals surface area contributed by atoms with E-state index in [0.29, 0.717) is 22.8 Å². The molecule has 1 N–H and O–H groups in total. The third kappa shape index (κ3) is 6.70. The third-order valence-corrected chi connectivity index (χ3v) is 9.27. The Morgan fingerprint density at radius 2 is 1.62 bits per heavy atom.